The standard InChI is InChI=1S/C30H46O3Si2/c1-25(20-21-26(31)24-33-34(8,9)29(2,3)4)22-23-32-35(30(5,6)7,27-16-12-10-13-17-27)28-18-14-11-15-19-28/h10-19,21,26,31H,22-24H2,1-9H3/t20?,26-/m0/s1. The van der Waals surface area contributed by atoms with E-state index in [-0.39, 0.29) is 10.1 Å². The van der Waals surface area contributed by atoms with Gasteiger partial charge in [-0.15, -0.1) is 5.73 Å². The second-order valence-corrected chi connectivity index (χ2v) is 21.1. The monoisotopic (exact) mass is 510 g/mol. The Balaban J connectivity index is 2.17. The van der Waals surface area contributed by atoms with Crippen LogP contribution >= 0.6 is 0 Å². The molecule has 2 aromatic rings. The van der Waals surface area contributed by atoms with Crippen molar-refractivity contribution in [1.29, 1.82) is 0 Å². The molecule has 0 saturated heterocycles. The number of rotatable bonds is 10. The van der Waals surface area contributed by atoms with Gasteiger partial charge in [-0.2, -0.15) is 0 Å². The lowest BCUT2D eigenvalue weighted by Crippen LogP contribution is -2.66. The van der Waals surface area contributed by atoms with E-state index in [0.29, 0.717) is 13.2 Å². The van der Waals surface area contributed by atoms with Gasteiger partial charge in [0.15, 0.2) is 8.32 Å². The molecule has 0 aliphatic heterocycles. The summed E-state index contributed by atoms with van der Waals surface area (Å²) in [5, 5.41) is 13.1. The molecule has 0 amide bonds. The first-order chi connectivity index (χ1) is 16.2. The number of aliphatic hydroxyl groups excluding tert-OH is 1. The van der Waals surface area contributed by atoms with Gasteiger partial charge in [0, 0.05) is 6.61 Å². The van der Waals surface area contributed by atoms with Crippen molar-refractivity contribution in [2.75, 3.05) is 13.2 Å². The minimum atomic E-state index is -2.53. The summed E-state index contributed by atoms with van der Waals surface area (Å²) < 4.78 is 13.1. The minimum Gasteiger partial charge on any atom is -0.414 e. The molecular weight excluding hydrogens is 464 g/mol. The number of hydrogen-bond donors (Lipinski definition) is 1. The first-order valence-corrected chi connectivity index (χ1v) is 17.5. The van der Waals surface area contributed by atoms with Crippen LogP contribution < -0.4 is 10.4 Å². The zero-order valence-corrected chi connectivity index (χ0v) is 25.3. The molecule has 0 aliphatic carbocycles. The van der Waals surface area contributed by atoms with Gasteiger partial charge in [0.05, 0.1) is 6.61 Å². The fourth-order valence-electron chi connectivity index (χ4n) is 3.99. The van der Waals surface area contributed by atoms with E-state index in [1.165, 1.54) is 10.4 Å². The van der Waals surface area contributed by atoms with Crippen LogP contribution in [0.15, 0.2) is 78.0 Å². The van der Waals surface area contributed by atoms with Gasteiger partial charge >= 0.3 is 0 Å². The van der Waals surface area contributed by atoms with Gasteiger partial charge < -0.3 is 14.0 Å². The van der Waals surface area contributed by atoms with Crippen molar-refractivity contribution in [2.45, 2.75) is 84.2 Å². The lowest BCUT2D eigenvalue weighted by molar-refractivity contribution is 0.135. The Morgan fingerprint density at radius 3 is 1.77 bits per heavy atom. The van der Waals surface area contributed by atoms with Crippen LogP contribution in [-0.4, -0.2) is 41.1 Å². The summed E-state index contributed by atoms with van der Waals surface area (Å²) >= 11 is 0. The molecule has 0 aromatic heterocycles. The van der Waals surface area contributed by atoms with E-state index in [1.54, 1.807) is 6.08 Å². The Bertz CT molecular complexity index is 940. The van der Waals surface area contributed by atoms with Crippen LogP contribution in [0.5, 0.6) is 0 Å². The average Bonchev–Trinajstić information content (AvgIpc) is 2.79. The lowest BCUT2D eigenvalue weighted by Gasteiger charge is -2.43. The summed E-state index contributed by atoms with van der Waals surface area (Å²) in [5.74, 6) is 0. The molecule has 192 valence electrons. The highest BCUT2D eigenvalue weighted by Gasteiger charge is 2.50. The smallest absolute Gasteiger partial charge is 0.261 e. The Morgan fingerprint density at radius 2 is 1.34 bits per heavy atom. The van der Waals surface area contributed by atoms with Crippen LogP contribution in [0.1, 0.15) is 54.9 Å². The molecule has 1 N–H and O–H groups in total. The van der Waals surface area contributed by atoms with Gasteiger partial charge in [-0.3, -0.25) is 0 Å². The summed E-state index contributed by atoms with van der Waals surface area (Å²) in [5.41, 5.74) is 4.34. The summed E-state index contributed by atoms with van der Waals surface area (Å²) in [6.45, 7) is 20.9. The molecule has 0 unspecified atom stereocenters. The topological polar surface area (TPSA) is 38.7 Å². The zero-order chi connectivity index (χ0) is 26.3. The SMILES string of the molecule is CC(=C=C[C@H](O)CO[Si](C)(C)C(C)(C)C)CCO[Si](c1ccccc1)(c1ccccc1)C(C)(C)C. The highest BCUT2D eigenvalue weighted by molar-refractivity contribution is 6.99. The van der Waals surface area contributed by atoms with Gasteiger partial charge in [-0.1, -0.05) is 102 Å². The molecule has 0 saturated carbocycles. The molecule has 2 aromatic carbocycles. The van der Waals surface area contributed by atoms with E-state index in [1.807, 2.05) is 6.92 Å². The molecule has 0 fully saturated rings. The Hall–Kier alpha value is -1.73. The Morgan fingerprint density at radius 1 is 0.857 bits per heavy atom. The minimum absolute atomic E-state index is 0.0412. The molecule has 5 heteroatoms. The van der Waals surface area contributed by atoms with E-state index in [0.717, 1.165) is 12.0 Å². The average molecular weight is 511 g/mol. The van der Waals surface area contributed by atoms with Gasteiger partial charge in [0.1, 0.15) is 6.10 Å². The molecule has 0 aliphatic rings. The highest BCUT2D eigenvalue weighted by atomic mass is 28.4. The quantitative estimate of drug-likeness (QED) is 0.295. The fraction of sp³-hybridized carbons (Fsp3) is 0.500. The summed E-state index contributed by atoms with van der Waals surface area (Å²) in [7, 11) is -4.41. The molecule has 0 heterocycles. The van der Waals surface area contributed by atoms with E-state index < -0.39 is 22.7 Å². The molecule has 0 radical (unpaired) electrons. The van der Waals surface area contributed by atoms with Crippen molar-refractivity contribution in [2.24, 2.45) is 0 Å². The van der Waals surface area contributed by atoms with Crippen molar-refractivity contribution in [3.8, 4) is 0 Å². The first-order valence-electron chi connectivity index (χ1n) is 12.7. The summed E-state index contributed by atoms with van der Waals surface area (Å²) in [4.78, 5) is 0. The van der Waals surface area contributed by atoms with Crippen LogP contribution in [0.4, 0.5) is 0 Å². The Kier molecular flexibility index (Phi) is 10.1. The Labute approximate surface area is 216 Å². The first kappa shape index (κ1) is 29.5. The van der Waals surface area contributed by atoms with Gasteiger partial charge in [-0.25, -0.2) is 0 Å². The fourth-order valence-corrected chi connectivity index (χ4v) is 9.57. The van der Waals surface area contributed by atoms with Crippen molar-refractivity contribution in [1.82, 2.24) is 0 Å². The molecule has 2 rings (SSSR count). The molecule has 1 atom stereocenters. The normalized spacial score (nSPS) is 13.8. The van der Waals surface area contributed by atoms with E-state index in [4.69, 9.17) is 8.85 Å². The third-order valence-electron chi connectivity index (χ3n) is 7.16. The third kappa shape index (κ3) is 7.63. The summed E-state index contributed by atoms with van der Waals surface area (Å²) in [6.07, 6.45) is 1.83. The highest BCUT2D eigenvalue weighted by Crippen LogP contribution is 2.37. The molecule has 0 bridgehead atoms. The molecule has 3 nitrogen and oxygen atoms in total. The van der Waals surface area contributed by atoms with Crippen molar-refractivity contribution in [3.05, 3.63) is 78.0 Å². The van der Waals surface area contributed by atoms with Crippen LogP contribution in [0.3, 0.4) is 0 Å². The van der Waals surface area contributed by atoms with E-state index >= 15 is 0 Å². The van der Waals surface area contributed by atoms with Crippen molar-refractivity contribution >= 4 is 27.0 Å². The van der Waals surface area contributed by atoms with Crippen LogP contribution in [0.25, 0.3) is 0 Å². The molecule has 35 heavy (non-hydrogen) atoms. The maximum Gasteiger partial charge on any atom is 0.261 e. The van der Waals surface area contributed by atoms with Crippen LogP contribution in [-0.2, 0) is 8.85 Å². The molecular formula is C30H46O3Si2. The number of aliphatic hydroxyl groups is 1. The van der Waals surface area contributed by atoms with E-state index in [2.05, 4.69) is 121 Å². The maximum atomic E-state index is 10.4. The molecule has 0 spiro atoms. The largest absolute Gasteiger partial charge is 0.414 e. The van der Waals surface area contributed by atoms with Gasteiger partial charge in [-0.05, 0) is 58.5 Å². The summed E-state index contributed by atoms with van der Waals surface area (Å²) in [6, 6.07) is 21.4. The predicted octanol–water partition coefficient (Wildman–Crippen LogP) is 6.44. The van der Waals surface area contributed by atoms with Crippen molar-refractivity contribution in [3.63, 3.8) is 0 Å². The van der Waals surface area contributed by atoms with Gasteiger partial charge in [0.25, 0.3) is 8.32 Å². The number of benzene rings is 2. The zero-order valence-electron chi connectivity index (χ0n) is 23.3. The second kappa shape index (κ2) is 12.0. The number of hydrogen-bond acceptors (Lipinski definition) is 3. The van der Waals surface area contributed by atoms with Crippen molar-refractivity contribution < 1.29 is 14.0 Å². The maximum absolute atomic E-state index is 10.4. The van der Waals surface area contributed by atoms with E-state index in [9.17, 15) is 5.11 Å². The predicted molar refractivity (Wildman–Crippen MR) is 155 cm³/mol. The second-order valence-electron chi connectivity index (χ2n) is 12.0. The third-order valence-corrected chi connectivity index (χ3v) is 16.7. The lowest BCUT2D eigenvalue weighted by atomic mass is 10.2. The van der Waals surface area contributed by atoms with Gasteiger partial charge in [0.2, 0.25) is 0 Å². The van der Waals surface area contributed by atoms with Crippen LogP contribution in [0, 0.1) is 0 Å². The van der Waals surface area contributed by atoms with Crippen LogP contribution in [0.2, 0.25) is 23.2 Å².